The summed E-state index contributed by atoms with van der Waals surface area (Å²) >= 11 is 2.95. The Hall–Kier alpha value is -4.26. The second kappa shape index (κ2) is 10.4. The molecule has 0 saturated heterocycles. The maximum absolute atomic E-state index is 14.3. The quantitative estimate of drug-likeness (QED) is 0.244. The first kappa shape index (κ1) is 28.5. The van der Waals surface area contributed by atoms with Crippen molar-refractivity contribution >= 4 is 27.5 Å². The molecule has 0 N–H and O–H groups in total. The molecule has 0 radical (unpaired) electrons. The first-order valence-corrected chi connectivity index (χ1v) is 15.1. The fourth-order valence-corrected chi connectivity index (χ4v) is 6.49. The van der Waals surface area contributed by atoms with Gasteiger partial charge in [0.15, 0.2) is 5.82 Å². The van der Waals surface area contributed by atoms with Crippen LogP contribution in [0.4, 0.5) is 13.2 Å². The van der Waals surface area contributed by atoms with Gasteiger partial charge >= 0.3 is 6.18 Å². The molecule has 2 aliphatic rings. The first-order valence-electron chi connectivity index (χ1n) is 14.3. The summed E-state index contributed by atoms with van der Waals surface area (Å²) in [7, 11) is 1.86. The summed E-state index contributed by atoms with van der Waals surface area (Å²) in [6.07, 6.45) is 2.03. The Balaban J connectivity index is 1.33. The van der Waals surface area contributed by atoms with E-state index >= 15 is 0 Å². The summed E-state index contributed by atoms with van der Waals surface area (Å²) < 4.78 is 45.9. The number of aromatic nitrogens is 6. The van der Waals surface area contributed by atoms with Crippen molar-refractivity contribution in [2.45, 2.75) is 51.4 Å². The fourth-order valence-electron chi connectivity index (χ4n) is 6.02. The highest BCUT2D eigenvalue weighted by Crippen LogP contribution is 2.37. The molecule has 226 valence electrons. The van der Waals surface area contributed by atoms with E-state index in [-0.39, 0.29) is 28.6 Å². The molecule has 0 unspecified atom stereocenters. The van der Waals surface area contributed by atoms with E-state index in [0.717, 1.165) is 36.5 Å². The van der Waals surface area contributed by atoms with Gasteiger partial charge in [-0.2, -0.15) is 18.3 Å². The van der Waals surface area contributed by atoms with Crippen LogP contribution >= 0.6 is 15.9 Å². The Labute approximate surface area is 258 Å². The molecule has 7 rings (SSSR count). The summed E-state index contributed by atoms with van der Waals surface area (Å²) in [5, 5.41) is 12.8. The number of aryl methyl sites for hydroxylation is 1. The van der Waals surface area contributed by atoms with E-state index in [2.05, 4.69) is 26.1 Å². The predicted octanol–water partition coefficient (Wildman–Crippen LogP) is 5.60. The summed E-state index contributed by atoms with van der Waals surface area (Å²) in [6.45, 7) is 1.84. The molecule has 1 fully saturated rings. The van der Waals surface area contributed by atoms with Gasteiger partial charge < -0.3 is 9.47 Å². The molecule has 5 aromatic rings. The number of amides is 1. The zero-order valence-corrected chi connectivity index (χ0v) is 25.4. The maximum atomic E-state index is 14.3. The average Bonchev–Trinajstić information content (AvgIpc) is 3.56. The molecule has 1 amide bonds. The van der Waals surface area contributed by atoms with Crippen molar-refractivity contribution in [2.24, 2.45) is 13.0 Å². The lowest BCUT2D eigenvalue weighted by molar-refractivity contribution is -0.138. The maximum Gasteiger partial charge on any atom is 0.417 e. The molecule has 1 aliphatic heterocycles. The van der Waals surface area contributed by atoms with Crippen molar-refractivity contribution in [3.63, 3.8) is 0 Å². The van der Waals surface area contributed by atoms with Crippen molar-refractivity contribution in [1.82, 2.24) is 33.8 Å². The van der Waals surface area contributed by atoms with Crippen molar-refractivity contribution in [3.8, 4) is 17.1 Å². The summed E-state index contributed by atoms with van der Waals surface area (Å²) in [6, 6.07) is 10.6. The van der Waals surface area contributed by atoms with E-state index in [9.17, 15) is 22.8 Å². The second-order valence-corrected chi connectivity index (χ2v) is 12.5. The Morgan fingerprint density at radius 2 is 1.86 bits per heavy atom. The van der Waals surface area contributed by atoms with E-state index in [1.165, 1.54) is 17.0 Å². The number of benzene rings is 2. The molecular weight excluding hydrogens is 639 g/mol. The van der Waals surface area contributed by atoms with Crippen molar-refractivity contribution < 1.29 is 18.0 Å². The number of carbonyl (C=O) groups excluding carboxylic acids is 1. The second-order valence-electron chi connectivity index (χ2n) is 11.6. The molecule has 3 aromatic heterocycles. The minimum atomic E-state index is -4.62. The van der Waals surface area contributed by atoms with Crippen LogP contribution in [0.1, 0.15) is 52.5 Å². The van der Waals surface area contributed by atoms with E-state index in [4.69, 9.17) is 5.10 Å². The van der Waals surface area contributed by atoms with Gasteiger partial charge in [0, 0.05) is 39.8 Å². The smallest absolute Gasteiger partial charge is 0.330 e. The molecule has 2 aromatic carbocycles. The van der Waals surface area contributed by atoms with Gasteiger partial charge in [0.25, 0.3) is 11.5 Å². The molecule has 1 aliphatic carbocycles. The number of alkyl halides is 3. The normalized spacial score (nSPS) is 16.9. The summed E-state index contributed by atoms with van der Waals surface area (Å²) in [4.78, 5) is 29.5. The number of rotatable bonds is 5. The molecule has 0 bridgehead atoms. The summed E-state index contributed by atoms with van der Waals surface area (Å²) in [5.41, 5.74) is 3.01. The van der Waals surface area contributed by atoms with Crippen LogP contribution in [0.5, 0.6) is 0 Å². The third-order valence-corrected chi connectivity index (χ3v) is 9.22. The Morgan fingerprint density at radius 3 is 2.52 bits per heavy atom. The topological polar surface area (TPSA) is 90.3 Å². The van der Waals surface area contributed by atoms with Crippen LogP contribution < -0.4 is 5.56 Å². The van der Waals surface area contributed by atoms with Crippen molar-refractivity contribution in [2.75, 3.05) is 0 Å². The first-order chi connectivity index (χ1) is 21.0. The summed E-state index contributed by atoms with van der Waals surface area (Å²) in [5.74, 6) is 0.687. The highest BCUT2D eigenvalue weighted by atomic mass is 79.9. The SMILES string of the molecule is C[C@@H]1Cc2c(n3ncc(CC4CC4)c3n(-c3ccc(-c4nncn4C)cc3)c2=O)CN1C(=O)c1ccc(Br)c(C(F)(F)F)c1. The zero-order valence-electron chi connectivity index (χ0n) is 23.8. The van der Waals surface area contributed by atoms with Gasteiger partial charge in [-0.25, -0.2) is 4.52 Å². The number of halogens is 4. The third kappa shape index (κ3) is 4.83. The number of nitrogens with zero attached hydrogens (tertiary/aromatic N) is 7. The zero-order chi connectivity index (χ0) is 30.9. The highest BCUT2D eigenvalue weighted by molar-refractivity contribution is 9.10. The van der Waals surface area contributed by atoms with Gasteiger partial charge in [-0.1, -0.05) is 15.9 Å². The molecule has 0 spiro atoms. The molecular formula is C31H27BrF3N7O2. The molecule has 1 atom stereocenters. The highest BCUT2D eigenvalue weighted by Gasteiger charge is 2.37. The van der Waals surface area contributed by atoms with Crippen LogP contribution in [0, 0.1) is 5.92 Å². The lowest BCUT2D eigenvalue weighted by atomic mass is 9.97. The van der Waals surface area contributed by atoms with Gasteiger partial charge in [0.2, 0.25) is 0 Å². The molecule has 4 heterocycles. The largest absolute Gasteiger partial charge is 0.417 e. The lowest BCUT2D eigenvalue weighted by Crippen LogP contribution is -2.46. The Morgan fingerprint density at radius 1 is 1.11 bits per heavy atom. The molecule has 1 saturated carbocycles. The van der Waals surface area contributed by atoms with E-state index < -0.39 is 23.7 Å². The van der Waals surface area contributed by atoms with Crippen LogP contribution in [0.2, 0.25) is 0 Å². The number of carbonyl (C=O) groups is 1. The third-order valence-electron chi connectivity index (χ3n) is 8.53. The van der Waals surface area contributed by atoms with Gasteiger partial charge in [0.05, 0.1) is 29.7 Å². The van der Waals surface area contributed by atoms with Gasteiger partial charge in [0.1, 0.15) is 12.0 Å². The van der Waals surface area contributed by atoms with Crippen LogP contribution in [0.15, 0.2) is 64.3 Å². The Bertz CT molecular complexity index is 1990. The standard InChI is InChI=1S/C31H27BrF3N7O2/c1-17-11-23-26(15-40(17)29(43)20-7-10-25(32)24(13-20)31(33,34)35)42-28(21(14-37-42)12-18-3-4-18)41(30(23)44)22-8-5-19(6-9-22)27-38-36-16-39(27)2/h5-10,13-14,16-18H,3-4,11-12,15H2,1-2H3/t17-/m1/s1. The average molecular weight is 667 g/mol. The predicted molar refractivity (Wildman–Crippen MR) is 159 cm³/mol. The van der Waals surface area contributed by atoms with E-state index in [1.54, 1.807) is 28.5 Å². The van der Waals surface area contributed by atoms with Crippen molar-refractivity contribution in [3.05, 3.63) is 97.8 Å². The molecule has 13 heteroatoms. The van der Waals surface area contributed by atoms with E-state index in [1.807, 2.05) is 35.9 Å². The van der Waals surface area contributed by atoms with Gasteiger partial charge in [-0.05, 0) is 81.0 Å². The van der Waals surface area contributed by atoms with Crippen LogP contribution in [-0.2, 0) is 32.6 Å². The van der Waals surface area contributed by atoms with Crippen molar-refractivity contribution in [1.29, 1.82) is 0 Å². The van der Waals surface area contributed by atoms with Crippen LogP contribution in [0.25, 0.3) is 22.7 Å². The molecule has 9 nitrogen and oxygen atoms in total. The number of fused-ring (bicyclic) bond motifs is 3. The van der Waals surface area contributed by atoms with Crippen LogP contribution in [-0.4, -0.2) is 45.8 Å². The monoisotopic (exact) mass is 665 g/mol. The Kier molecular flexibility index (Phi) is 6.76. The minimum absolute atomic E-state index is 0.0367. The lowest BCUT2D eigenvalue weighted by Gasteiger charge is -2.35. The van der Waals surface area contributed by atoms with Gasteiger partial charge in [-0.15, -0.1) is 10.2 Å². The number of hydrogen-bond acceptors (Lipinski definition) is 5. The van der Waals surface area contributed by atoms with Crippen LogP contribution in [0.3, 0.4) is 0 Å². The number of hydrogen-bond donors (Lipinski definition) is 0. The minimum Gasteiger partial charge on any atom is -0.330 e. The van der Waals surface area contributed by atoms with Gasteiger partial charge in [-0.3, -0.25) is 14.2 Å². The molecule has 44 heavy (non-hydrogen) atoms. The fraction of sp³-hybridized carbons (Fsp3) is 0.323. The van der Waals surface area contributed by atoms with E-state index in [0.29, 0.717) is 34.3 Å².